The summed E-state index contributed by atoms with van der Waals surface area (Å²) in [6, 6.07) is 0. The maximum Gasteiger partial charge on any atom is 0.0798 e. The van der Waals surface area contributed by atoms with Gasteiger partial charge in [-0.2, -0.15) is 0 Å². The molecule has 0 atom stereocenters. The monoisotopic (exact) mass is 228 g/mol. The van der Waals surface area contributed by atoms with E-state index in [1.807, 2.05) is 40.1 Å². The first-order chi connectivity index (χ1) is 6.74. The van der Waals surface area contributed by atoms with Gasteiger partial charge in [0.05, 0.1) is 16.8 Å². The number of hydrogen-bond acceptors (Lipinski definition) is 4. The summed E-state index contributed by atoms with van der Waals surface area (Å²) in [5.74, 6) is 0. The lowest BCUT2D eigenvalue weighted by molar-refractivity contribution is -0.00522. The first-order valence-corrected chi connectivity index (χ1v) is 5.98. The Balaban J connectivity index is 2.61. The van der Waals surface area contributed by atoms with Gasteiger partial charge in [0.1, 0.15) is 0 Å². The van der Waals surface area contributed by atoms with Gasteiger partial charge in [-0.1, -0.05) is 0 Å². The molecule has 1 aromatic rings. The second-order valence-corrected chi connectivity index (χ2v) is 5.84. The molecule has 0 amide bonds. The minimum Gasteiger partial charge on any atom is -0.389 e. The Morgan fingerprint density at radius 2 is 2.00 bits per heavy atom. The van der Waals surface area contributed by atoms with Crippen molar-refractivity contribution in [2.75, 3.05) is 0 Å². The molecule has 4 heteroatoms. The lowest BCUT2D eigenvalue weighted by atomic mass is 9.86. The first kappa shape index (κ1) is 12.6. The Morgan fingerprint density at radius 1 is 1.40 bits per heavy atom. The molecule has 3 nitrogen and oxygen atoms in total. The molecule has 0 aliphatic carbocycles. The first-order valence-electron chi connectivity index (χ1n) is 5.10. The minimum atomic E-state index is -0.744. The third-order valence-corrected chi connectivity index (χ3v) is 4.00. The topological polar surface area (TPSA) is 45.2 Å². The summed E-state index contributed by atoms with van der Waals surface area (Å²) >= 11 is 1.65. The van der Waals surface area contributed by atoms with Gasteiger partial charge >= 0.3 is 0 Å². The average molecular weight is 228 g/mol. The van der Waals surface area contributed by atoms with E-state index >= 15 is 0 Å². The molecule has 1 aromatic heterocycles. The summed E-state index contributed by atoms with van der Waals surface area (Å²) in [5.41, 5.74) is 1.86. The fraction of sp³-hybridized carbons (Fsp3) is 0.727. The summed E-state index contributed by atoms with van der Waals surface area (Å²) in [4.78, 5) is 5.42. The van der Waals surface area contributed by atoms with Crippen LogP contribution >= 0.6 is 11.3 Å². The van der Waals surface area contributed by atoms with Crippen LogP contribution in [0.2, 0.25) is 0 Å². The minimum absolute atomic E-state index is 0.316. The number of nitrogens with one attached hydrogen (secondary N) is 1. The third-order valence-electron chi connectivity index (χ3n) is 3.07. The number of aliphatic hydroxyl groups is 1. The summed E-state index contributed by atoms with van der Waals surface area (Å²) in [6.45, 7) is 10.4. The van der Waals surface area contributed by atoms with Gasteiger partial charge in [0.15, 0.2) is 0 Å². The highest BCUT2D eigenvalue weighted by atomic mass is 32.1. The number of thiazole rings is 1. The number of hydrogen-bond donors (Lipinski definition) is 2. The number of aromatic nitrogens is 1. The van der Waals surface area contributed by atoms with Gasteiger partial charge in [0.25, 0.3) is 0 Å². The summed E-state index contributed by atoms with van der Waals surface area (Å²) in [7, 11) is 0. The SMILES string of the molecule is Cc1ncsc1CNC(C)(C)C(C)(C)O. The van der Waals surface area contributed by atoms with E-state index in [0.29, 0.717) is 0 Å². The molecule has 0 saturated heterocycles. The molecular formula is C11H20N2OS. The van der Waals surface area contributed by atoms with E-state index in [4.69, 9.17) is 0 Å². The molecule has 1 heterocycles. The van der Waals surface area contributed by atoms with Crippen molar-refractivity contribution < 1.29 is 5.11 Å². The van der Waals surface area contributed by atoms with Crippen LogP contribution in [0.1, 0.15) is 38.3 Å². The van der Waals surface area contributed by atoms with Gasteiger partial charge < -0.3 is 10.4 Å². The van der Waals surface area contributed by atoms with E-state index in [1.54, 1.807) is 11.3 Å². The van der Waals surface area contributed by atoms with Crippen LogP contribution < -0.4 is 5.32 Å². The summed E-state index contributed by atoms with van der Waals surface area (Å²) in [6.07, 6.45) is 0. The molecule has 86 valence electrons. The standard InChI is InChI=1S/C11H20N2OS/c1-8-9(15-7-12-8)6-13-10(2,3)11(4,5)14/h7,13-14H,6H2,1-5H3. The van der Waals surface area contributed by atoms with Crippen molar-refractivity contribution in [3.05, 3.63) is 16.1 Å². The molecule has 0 fully saturated rings. The van der Waals surface area contributed by atoms with Crippen LogP contribution in [0.5, 0.6) is 0 Å². The molecule has 0 aromatic carbocycles. The summed E-state index contributed by atoms with van der Waals surface area (Å²) in [5, 5.41) is 13.3. The van der Waals surface area contributed by atoms with Crippen molar-refractivity contribution in [1.82, 2.24) is 10.3 Å². The van der Waals surface area contributed by atoms with Crippen LogP contribution in [0.15, 0.2) is 5.51 Å². The average Bonchev–Trinajstić information content (AvgIpc) is 2.46. The zero-order valence-electron chi connectivity index (χ0n) is 10.1. The van der Waals surface area contributed by atoms with Gasteiger partial charge in [-0.05, 0) is 34.6 Å². The summed E-state index contributed by atoms with van der Waals surface area (Å²) < 4.78 is 0. The fourth-order valence-electron chi connectivity index (χ4n) is 1.01. The Labute approximate surface area is 95.6 Å². The Hall–Kier alpha value is -0.450. The Bertz CT molecular complexity index is 326. The molecule has 1 rings (SSSR count). The molecule has 0 saturated carbocycles. The zero-order valence-corrected chi connectivity index (χ0v) is 10.9. The van der Waals surface area contributed by atoms with E-state index in [1.165, 1.54) is 4.88 Å². The van der Waals surface area contributed by atoms with E-state index in [2.05, 4.69) is 10.3 Å². The van der Waals surface area contributed by atoms with Crippen molar-refractivity contribution >= 4 is 11.3 Å². The fourth-order valence-corrected chi connectivity index (χ4v) is 1.73. The highest BCUT2D eigenvalue weighted by Gasteiger charge is 2.34. The number of aryl methyl sites for hydroxylation is 1. The van der Waals surface area contributed by atoms with Gasteiger partial charge in [0, 0.05) is 17.0 Å². The normalized spacial score (nSPS) is 13.2. The third kappa shape index (κ3) is 3.00. The van der Waals surface area contributed by atoms with Crippen LogP contribution in [0.4, 0.5) is 0 Å². The molecule has 0 aliphatic rings. The van der Waals surface area contributed by atoms with Crippen molar-refractivity contribution in [1.29, 1.82) is 0 Å². The second-order valence-electron chi connectivity index (χ2n) is 4.90. The van der Waals surface area contributed by atoms with Crippen LogP contribution in [0, 0.1) is 6.92 Å². The van der Waals surface area contributed by atoms with Crippen LogP contribution in [0.3, 0.4) is 0 Å². The number of rotatable bonds is 4. The predicted molar refractivity (Wildman–Crippen MR) is 64.1 cm³/mol. The lowest BCUT2D eigenvalue weighted by Crippen LogP contribution is -2.55. The second kappa shape index (κ2) is 4.20. The molecule has 0 aliphatic heterocycles. The van der Waals surface area contributed by atoms with Crippen LogP contribution in [-0.2, 0) is 6.54 Å². The molecule has 0 radical (unpaired) electrons. The van der Waals surface area contributed by atoms with Gasteiger partial charge in [-0.3, -0.25) is 0 Å². The van der Waals surface area contributed by atoms with Gasteiger partial charge in [-0.15, -0.1) is 11.3 Å². The van der Waals surface area contributed by atoms with Gasteiger partial charge in [0.2, 0.25) is 0 Å². The molecular weight excluding hydrogens is 208 g/mol. The molecule has 2 N–H and O–H groups in total. The maximum atomic E-state index is 9.97. The van der Waals surface area contributed by atoms with Crippen LogP contribution in [0.25, 0.3) is 0 Å². The molecule has 15 heavy (non-hydrogen) atoms. The number of nitrogens with zero attached hydrogens (tertiary/aromatic N) is 1. The maximum absolute atomic E-state index is 9.97. The molecule has 0 spiro atoms. The predicted octanol–water partition coefficient (Wildman–Crippen LogP) is 2.09. The zero-order chi connectivity index (χ0) is 11.7. The molecule has 0 bridgehead atoms. The van der Waals surface area contributed by atoms with E-state index in [9.17, 15) is 5.11 Å². The van der Waals surface area contributed by atoms with E-state index < -0.39 is 5.60 Å². The van der Waals surface area contributed by atoms with E-state index in [-0.39, 0.29) is 5.54 Å². The van der Waals surface area contributed by atoms with E-state index in [0.717, 1.165) is 12.2 Å². The Kier molecular flexibility index (Phi) is 3.53. The van der Waals surface area contributed by atoms with Crippen molar-refractivity contribution in [2.45, 2.75) is 52.3 Å². The van der Waals surface area contributed by atoms with Crippen LogP contribution in [-0.4, -0.2) is 21.2 Å². The lowest BCUT2D eigenvalue weighted by Gasteiger charge is -2.38. The highest BCUT2D eigenvalue weighted by molar-refractivity contribution is 7.09. The quantitative estimate of drug-likeness (QED) is 0.829. The van der Waals surface area contributed by atoms with Crippen molar-refractivity contribution in [3.8, 4) is 0 Å². The highest BCUT2D eigenvalue weighted by Crippen LogP contribution is 2.22. The largest absolute Gasteiger partial charge is 0.389 e. The van der Waals surface area contributed by atoms with Crippen molar-refractivity contribution in [2.24, 2.45) is 0 Å². The Morgan fingerprint density at radius 3 is 2.40 bits per heavy atom. The molecule has 0 unspecified atom stereocenters. The van der Waals surface area contributed by atoms with Crippen molar-refractivity contribution in [3.63, 3.8) is 0 Å². The van der Waals surface area contributed by atoms with Gasteiger partial charge in [-0.25, -0.2) is 4.98 Å². The smallest absolute Gasteiger partial charge is 0.0798 e.